The van der Waals surface area contributed by atoms with Crippen LogP contribution in [0.25, 0.3) is 0 Å². The lowest BCUT2D eigenvalue weighted by Crippen LogP contribution is -2.55. The highest BCUT2D eigenvalue weighted by molar-refractivity contribution is 5.79. The highest BCUT2D eigenvalue weighted by Crippen LogP contribution is 2.26. The molecule has 2 rings (SSSR count). The van der Waals surface area contributed by atoms with Crippen molar-refractivity contribution in [2.75, 3.05) is 13.7 Å². The molecule has 170 valence electrons. The number of aryl methyl sites for hydroxylation is 1. The maximum Gasteiger partial charge on any atom is 0.315 e. The molecule has 0 bridgehead atoms. The topological polar surface area (TPSA) is 147 Å². The van der Waals surface area contributed by atoms with E-state index in [0.29, 0.717) is 19.4 Å². The molecule has 1 aromatic heterocycles. The van der Waals surface area contributed by atoms with Gasteiger partial charge in [0.1, 0.15) is 12.2 Å². The number of carbonyl (C=O) groups is 3. The van der Waals surface area contributed by atoms with Gasteiger partial charge in [-0.15, -0.1) is 0 Å². The third-order valence-electron chi connectivity index (χ3n) is 4.72. The van der Waals surface area contributed by atoms with E-state index in [0.717, 1.165) is 18.7 Å². The number of rotatable bonds is 6. The second-order valence-electron chi connectivity index (χ2n) is 8.19. The van der Waals surface area contributed by atoms with Gasteiger partial charge in [-0.25, -0.2) is 9.78 Å². The van der Waals surface area contributed by atoms with Gasteiger partial charge < -0.3 is 25.8 Å². The van der Waals surface area contributed by atoms with Gasteiger partial charge in [-0.2, -0.15) is 5.10 Å². The van der Waals surface area contributed by atoms with Gasteiger partial charge in [0.2, 0.25) is 5.91 Å². The molecule has 0 aliphatic heterocycles. The van der Waals surface area contributed by atoms with Crippen molar-refractivity contribution < 1.29 is 24.2 Å². The van der Waals surface area contributed by atoms with Gasteiger partial charge in [-0.1, -0.05) is 0 Å². The Kier molecular flexibility index (Phi) is 10.2. The molecule has 11 nitrogen and oxygen atoms in total. The number of nitrogens with one attached hydrogen (secondary N) is 3. The summed E-state index contributed by atoms with van der Waals surface area (Å²) >= 11 is 0. The predicted octanol–water partition coefficient (Wildman–Crippen LogP) is 0.456. The molecular formula is C19H34N6O5. The molecule has 1 aliphatic carbocycles. The molecular weight excluding hydrogens is 392 g/mol. The highest BCUT2D eigenvalue weighted by atomic mass is 16.5. The fourth-order valence-corrected chi connectivity index (χ4v) is 3.35. The largest absolute Gasteiger partial charge is 0.483 e. The monoisotopic (exact) mass is 426 g/mol. The molecule has 0 unspecified atom stereocenters. The van der Waals surface area contributed by atoms with E-state index in [2.05, 4.69) is 26.0 Å². The smallest absolute Gasteiger partial charge is 0.315 e. The van der Waals surface area contributed by atoms with E-state index in [1.807, 2.05) is 27.8 Å². The van der Waals surface area contributed by atoms with Crippen LogP contribution < -0.4 is 16.0 Å². The third-order valence-corrected chi connectivity index (χ3v) is 4.72. The number of amides is 3. The average Bonchev–Trinajstić information content (AvgIpc) is 3.05. The van der Waals surface area contributed by atoms with Gasteiger partial charge in [0.15, 0.2) is 0 Å². The van der Waals surface area contributed by atoms with Crippen LogP contribution in [-0.2, 0) is 27.8 Å². The maximum absolute atomic E-state index is 12.5. The van der Waals surface area contributed by atoms with E-state index in [1.165, 1.54) is 6.33 Å². The fourth-order valence-electron chi connectivity index (χ4n) is 3.35. The van der Waals surface area contributed by atoms with Crippen LogP contribution in [0.15, 0.2) is 6.33 Å². The number of methoxy groups -OCH3 is 1. The Morgan fingerprint density at radius 2 is 2.03 bits per heavy atom. The van der Waals surface area contributed by atoms with E-state index in [4.69, 9.17) is 14.6 Å². The number of carbonyl (C=O) groups excluding carboxylic acids is 2. The molecule has 0 saturated heterocycles. The van der Waals surface area contributed by atoms with Crippen molar-refractivity contribution in [1.82, 2.24) is 30.7 Å². The Hall–Kier alpha value is -2.69. The standard InChI is InChI=1S/C18H32N6O3.CH2O2/c1-18(2,3)23-17(26)22-13-10-12(6-7-14(13)27-5)16(25)19-9-8-15-20-11-21-24(15)4;2-1-3/h11-14H,6-10H2,1-5H3,(H,19,25)(H2,22,23,26);1H,(H,2,3)/t12-,13+,14+;/m0./s1. The molecule has 1 heterocycles. The van der Waals surface area contributed by atoms with Crippen molar-refractivity contribution in [1.29, 1.82) is 0 Å². The van der Waals surface area contributed by atoms with Crippen molar-refractivity contribution in [3.63, 3.8) is 0 Å². The maximum atomic E-state index is 12.5. The summed E-state index contributed by atoms with van der Waals surface area (Å²) in [5.41, 5.74) is -0.321. The normalized spacial score (nSPS) is 21.0. The minimum Gasteiger partial charge on any atom is -0.483 e. The summed E-state index contributed by atoms with van der Waals surface area (Å²) in [6.07, 6.45) is 4.09. The molecule has 0 spiro atoms. The van der Waals surface area contributed by atoms with Crippen LogP contribution in [0.1, 0.15) is 45.9 Å². The molecule has 11 heteroatoms. The molecule has 3 amide bonds. The zero-order valence-corrected chi connectivity index (χ0v) is 18.3. The lowest BCUT2D eigenvalue weighted by atomic mass is 9.83. The van der Waals surface area contributed by atoms with Gasteiger partial charge in [-0.3, -0.25) is 14.3 Å². The molecule has 1 saturated carbocycles. The summed E-state index contributed by atoms with van der Waals surface area (Å²) < 4.78 is 7.21. The van der Waals surface area contributed by atoms with Gasteiger partial charge in [0.05, 0.1) is 12.1 Å². The van der Waals surface area contributed by atoms with Crippen LogP contribution in [0, 0.1) is 5.92 Å². The van der Waals surface area contributed by atoms with Crippen molar-refractivity contribution in [3.8, 4) is 0 Å². The number of aromatic nitrogens is 3. The van der Waals surface area contributed by atoms with Crippen LogP contribution in [-0.4, -0.2) is 69.6 Å². The summed E-state index contributed by atoms with van der Waals surface area (Å²) in [7, 11) is 3.47. The molecule has 1 aliphatic rings. The molecule has 4 N–H and O–H groups in total. The molecule has 3 atom stereocenters. The van der Waals surface area contributed by atoms with Crippen molar-refractivity contribution in [3.05, 3.63) is 12.2 Å². The lowest BCUT2D eigenvalue weighted by Gasteiger charge is -2.35. The predicted molar refractivity (Wildman–Crippen MR) is 110 cm³/mol. The minimum absolute atomic E-state index is 0.00903. The van der Waals surface area contributed by atoms with Crippen molar-refractivity contribution in [2.24, 2.45) is 13.0 Å². The number of carboxylic acid groups (broad SMARTS) is 1. The number of urea groups is 1. The van der Waals surface area contributed by atoms with Crippen LogP contribution in [0.3, 0.4) is 0 Å². The van der Waals surface area contributed by atoms with Gasteiger partial charge in [0, 0.05) is 38.6 Å². The summed E-state index contributed by atoms with van der Waals surface area (Å²) in [5, 5.41) is 19.7. The Labute approximate surface area is 177 Å². The summed E-state index contributed by atoms with van der Waals surface area (Å²) in [5.74, 6) is 0.697. The highest BCUT2D eigenvalue weighted by Gasteiger charge is 2.35. The Bertz CT molecular complexity index is 687. The lowest BCUT2D eigenvalue weighted by molar-refractivity contribution is -0.127. The zero-order valence-electron chi connectivity index (χ0n) is 18.3. The Morgan fingerprint density at radius 3 is 2.57 bits per heavy atom. The van der Waals surface area contributed by atoms with E-state index >= 15 is 0 Å². The first-order chi connectivity index (χ1) is 14.1. The minimum atomic E-state index is -0.321. The second kappa shape index (κ2) is 12.1. The first-order valence-electron chi connectivity index (χ1n) is 9.91. The Balaban J connectivity index is 0.00000141. The van der Waals surface area contributed by atoms with Crippen LogP contribution >= 0.6 is 0 Å². The molecule has 0 aromatic carbocycles. The summed E-state index contributed by atoms with van der Waals surface area (Å²) in [4.78, 5) is 37.3. The average molecular weight is 427 g/mol. The summed E-state index contributed by atoms with van der Waals surface area (Å²) in [6, 6.07) is -0.432. The first-order valence-corrected chi connectivity index (χ1v) is 9.91. The quantitative estimate of drug-likeness (QED) is 0.483. The van der Waals surface area contributed by atoms with Crippen LogP contribution in [0.4, 0.5) is 4.79 Å². The van der Waals surface area contributed by atoms with E-state index in [1.54, 1.807) is 11.8 Å². The van der Waals surface area contributed by atoms with Crippen LogP contribution in [0.2, 0.25) is 0 Å². The van der Waals surface area contributed by atoms with E-state index in [-0.39, 0.29) is 42.0 Å². The SMILES string of the molecule is CO[C@@H]1CC[C@H](C(=O)NCCc2ncnn2C)C[C@H]1NC(=O)NC(C)(C)C.O=CO. The molecule has 30 heavy (non-hydrogen) atoms. The Morgan fingerprint density at radius 1 is 1.37 bits per heavy atom. The number of ether oxygens (including phenoxy) is 1. The van der Waals surface area contributed by atoms with Gasteiger partial charge >= 0.3 is 6.03 Å². The number of hydrogen-bond acceptors (Lipinski definition) is 6. The molecule has 1 fully saturated rings. The van der Waals surface area contributed by atoms with Crippen molar-refractivity contribution >= 4 is 18.4 Å². The fraction of sp³-hybridized carbons (Fsp3) is 0.737. The van der Waals surface area contributed by atoms with Crippen molar-refractivity contribution in [2.45, 2.75) is 64.1 Å². The van der Waals surface area contributed by atoms with Crippen LogP contribution in [0.5, 0.6) is 0 Å². The van der Waals surface area contributed by atoms with Gasteiger partial charge in [0.25, 0.3) is 6.47 Å². The third kappa shape index (κ3) is 8.76. The zero-order chi connectivity index (χ0) is 22.7. The second-order valence-corrected chi connectivity index (χ2v) is 8.19. The van der Waals surface area contributed by atoms with E-state index < -0.39 is 0 Å². The number of hydrogen-bond donors (Lipinski definition) is 4. The number of nitrogens with zero attached hydrogens (tertiary/aromatic N) is 3. The van der Waals surface area contributed by atoms with E-state index in [9.17, 15) is 9.59 Å². The van der Waals surface area contributed by atoms with Gasteiger partial charge in [-0.05, 0) is 40.0 Å². The summed E-state index contributed by atoms with van der Waals surface area (Å²) in [6.45, 7) is 6.04. The first kappa shape index (κ1) is 25.3. The molecule has 1 aromatic rings. The molecule has 0 radical (unpaired) electrons.